The maximum Gasteiger partial charge on any atom is 0.261 e. The standard InChI is InChI=1S/C10H13NO2S/c1-7(2)5-11-10(13)9-4-3-8(6-12)14-9/h3-4,6-7H,5H2,1-2H3,(H,11,13). The summed E-state index contributed by atoms with van der Waals surface area (Å²) in [5.74, 6) is 0.334. The van der Waals surface area contributed by atoms with Crippen molar-refractivity contribution in [2.45, 2.75) is 13.8 Å². The molecule has 0 spiro atoms. The molecule has 0 atom stereocenters. The molecule has 1 aromatic rings. The number of rotatable bonds is 4. The molecule has 0 aliphatic carbocycles. The summed E-state index contributed by atoms with van der Waals surface area (Å²) in [6.45, 7) is 4.73. The van der Waals surface area contributed by atoms with Gasteiger partial charge in [-0.25, -0.2) is 0 Å². The van der Waals surface area contributed by atoms with Crippen molar-refractivity contribution in [3.8, 4) is 0 Å². The van der Waals surface area contributed by atoms with E-state index < -0.39 is 0 Å². The Morgan fingerprint density at radius 2 is 2.29 bits per heavy atom. The second-order valence-corrected chi connectivity index (χ2v) is 4.54. The fraction of sp³-hybridized carbons (Fsp3) is 0.400. The summed E-state index contributed by atoms with van der Waals surface area (Å²) in [5.41, 5.74) is 0. The number of carbonyl (C=O) groups is 2. The van der Waals surface area contributed by atoms with E-state index in [1.165, 1.54) is 11.3 Å². The molecule has 0 aromatic carbocycles. The monoisotopic (exact) mass is 211 g/mol. The van der Waals surface area contributed by atoms with Crippen LogP contribution < -0.4 is 5.32 Å². The van der Waals surface area contributed by atoms with Crippen LogP contribution in [0.5, 0.6) is 0 Å². The summed E-state index contributed by atoms with van der Waals surface area (Å²) in [6, 6.07) is 3.33. The van der Waals surface area contributed by atoms with Gasteiger partial charge in [-0.15, -0.1) is 11.3 Å². The fourth-order valence-electron chi connectivity index (χ4n) is 0.922. The zero-order valence-corrected chi connectivity index (χ0v) is 9.06. The van der Waals surface area contributed by atoms with Crippen LogP contribution in [-0.4, -0.2) is 18.7 Å². The highest BCUT2D eigenvalue weighted by Gasteiger charge is 2.08. The molecule has 0 bridgehead atoms. The Hall–Kier alpha value is -1.16. The number of hydrogen-bond acceptors (Lipinski definition) is 3. The maximum absolute atomic E-state index is 11.5. The third-order valence-corrected chi connectivity index (χ3v) is 2.65. The summed E-state index contributed by atoms with van der Waals surface area (Å²) in [4.78, 5) is 23.0. The Balaban J connectivity index is 2.56. The smallest absolute Gasteiger partial charge is 0.261 e. The Labute approximate surface area is 87.1 Å². The molecule has 0 saturated heterocycles. The second kappa shape index (κ2) is 4.91. The Bertz CT molecular complexity index is 331. The average Bonchev–Trinajstić information content (AvgIpc) is 2.62. The molecule has 0 radical (unpaired) electrons. The molecule has 1 rings (SSSR count). The van der Waals surface area contributed by atoms with Gasteiger partial charge >= 0.3 is 0 Å². The molecule has 1 heterocycles. The highest BCUT2D eigenvalue weighted by molar-refractivity contribution is 7.15. The van der Waals surface area contributed by atoms with Crippen LogP contribution >= 0.6 is 11.3 Å². The first-order valence-corrected chi connectivity index (χ1v) is 5.28. The maximum atomic E-state index is 11.5. The number of thiophene rings is 1. The van der Waals surface area contributed by atoms with Crippen molar-refractivity contribution >= 4 is 23.5 Å². The zero-order valence-electron chi connectivity index (χ0n) is 8.24. The van der Waals surface area contributed by atoms with E-state index in [-0.39, 0.29) is 5.91 Å². The zero-order chi connectivity index (χ0) is 10.6. The van der Waals surface area contributed by atoms with Crippen LogP contribution in [0.4, 0.5) is 0 Å². The number of amides is 1. The Kier molecular flexibility index (Phi) is 3.83. The van der Waals surface area contributed by atoms with Crippen LogP contribution in [0.1, 0.15) is 33.2 Å². The van der Waals surface area contributed by atoms with Crippen molar-refractivity contribution in [3.63, 3.8) is 0 Å². The van der Waals surface area contributed by atoms with Gasteiger partial charge in [-0.1, -0.05) is 13.8 Å². The Morgan fingerprint density at radius 3 is 2.79 bits per heavy atom. The molecule has 0 aliphatic heterocycles. The third-order valence-electron chi connectivity index (χ3n) is 1.64. The highest BCUT2D eigenvalue weighted by atomic mass is 32.1. The summed E-state index contributed by atoms with van der Waals surface area (Å²) in [6.07, 6.45) is 0.754. The lowest BCUT2D eigenvalue weighted by Crippen LogP contribution is -2.26. The van der Waals surface area contributed by atoms with E-state index in [4.69, 9.17) is 0 Å². The molecule has 1 aromatic heterocycles. The van der Waals surface area contributed by atoms with Gasteiger partial charge in [0, 0.05) is 6.54 Å². The summed E-state index contributed by atoms with van der Waals surface area (Å²) >= 11 is 1.21. The van der Waals surface area contributed by atoms with E-state index in [0.29, 0.717) is 22.2 Å². The second-order valence-electron chi connectivity index (χ2n) is 3.42. The molecular formula is C10H13NO2S. The van der Waals surface area contributed by atoms with Gasteiger partial charge in [-0.05, 0) is 18.1 Å². The van der Waals surface area contributed by atoms with Gasteiger partial charge in [0.05, 0.1) is 9.75 Å². The van der Waals surface area contributed by atoms with Crippen molar-refractivity contribution in [1.29, 1.82) is 0 Å². The van der Waals surface area contributed by atoms with Crippen LogP contribution in [0.15, 0.2) is 12.1 Å². The van der Waals surface area contributed by atoms with E-state index in [1.54, 1.807) is 12.1 Å². The lowest BCUT2D eigenvalue weighted by atomic mass is 10.2. The van der Waals surface area contributed by atoms with Crippen molar-refractivity contribution < 1.29 is 9.59 Å². The van der Waals surface area contributed by atoms with Crippen LogP contribution in [0.25, 0.3) is 0 Å². The minimum Gasteiger partial charge on any atom is -0.351 e. The quantitative estimate of drug-likeness (QED) is 0.774. The predicted molar refractivity (Wildman–Crippen MR) is 56.9 cm³/mol. The number of aldehydes is 1. The van der Waals surface area contributed by atoms with Gasteiger partial charge in [0.25, 0.3) is 5.91 Å². The fourth-order valence-corrected chi connectivity index (χ4v) is 1.66. The van der Waals surface area contributed by atoms with Crippen LogP contribution in [0, 0.1) is 5.92 Å². The summed E-state index contributed by atoms with van der Waals surface area (Å²) < 4.78 is 0. The SMILES string of the molecule is CC(C)CNC(=O)c1ccc(C=O)s1. The lowest BCUT2D eigenvalue weighted by Gasteiger charge is -2.05. The molecule has 1 N–H and O–H groups in total. The van der Waals surface area contributed by atoms with E-state index in [1.807, 2.05) is 13.8 Å². The van der Waals surface area contributed by atoms with Gasteiger partial charge in [-0.2, -0.15) is 0 Å². The lowest BCUT2D eigenvalue weighted by molar-refractivity contribution is 0.0953. The van der Waals surface area contributed by atoms with Crippen molar-refractivity contribution in [1.82, 2.24) is 5.32 Å². The molecule has 0 fully saturated rings. The van der Waals surface area contributed by atoms with Gasteiger partial charge in [0.15, 0.2) is 6.29 Å². The molecule has 14 heavy (non-hydrogen) atoms. The first-order chi connectivity index (χ1) is 6.63. The molecule has 0 saturated carbocycles. The third kappa shape index (κ3) is 2.96. The first kappa shape index (κ1) is 10.9. The topological polar surface area (TPSA) is 46.2 Å². The van der Waals surface area contributed by atoms with Gasteiger partial charge < -0.3 is 5.32 Å². The molecule has 0 aliphatic rings. The minimum absolute atomic E-state index is 0.100. The van der Waals surface area contributed by atoms with E-state index in [2.05, 4.69) is 5.32 Å². The molecule has 4 heteroatoms. The highest BCUT2D eigenvalue weighted by Crippen LogP contribution is 2.14. The van der Waals surface area contributed by atoms with E-state index in [9.17, 15) is 9.59 Å². The number of carbonyl (C=O) groups excluding carboxylic acids is 2. The average molecular weight is 211 g/mol. The summed E-state index contributed by atoms with van der Waals surface area (Å²) in [7, 11) is 0. The van der Waals surface area contributed by atoms with Gasteiger partial charge in [0.1, 0.15) is 0 Å². The van der Waals surface area contributed by atoms with Crippen LogP contribution in [-0.2, 0) is 0 Å². The van der Waals surface area contributed by atoms with E-state index >= 15 is 0 Å². The van der Waals surface area contributed by atoms with Crippen molar-refractivity contribution in [2.24, 2.45) is 5.92 Å². The normalized spacial score (nSPS) is 10.2. The molecule has 0 unspecified atom stereocenters. The molecule has 76 valence electrons. The number of nitrogens with one attached hydrogen (secondary N) is 1. The van der Waals surface area contributed by atoms with Gasteiger partial charge in [0.2, 0.25) is 0 Å². The Morgan fingerprint density at radius 1 is 1.57 bits per heavy atom. The molecular weight excluding hydrogens is 198 g/mol. The predicted octanol–water partition coefficient (Wildman–Crippen LogP) is 1.95. The van der Waals surface area contributed by atoms with E-state index in [0.717, 1.165) is 6.29 Å². The summed E-state index contributed by atoms with van der Waals surface area (Å²) in [5, 5.41) is 2.79. The van der Waals surface area contributed by atoms with Crippen LogP contribution in [0.2, 0.25) is 0 Å². The van der Waals surface area contributed by atoms with Crippen molar-refractivity contribution in [2.75, 3.05) is 6.54 Å². The van der Waals surface area contributed by atoms with Crippen LogP contribution in [0.3, 0.4) is 0 Å². The molecule has 1 amide bonds. The molecule has 3 nitrogen and oxygen atoms in total. The minimum atomic E-state index is -0.100. The number of hydrogen-bond donors (Lipinski definition) is 1. The van der Waals surface area contributed by atoms with Crippen molar-refractivity contribution in [3.05, 3.63) is 21.9 Å². The van der Waals surface area contributed by atoms with Gasteiger partial charge in [-0.3, -0.25) is 9.59 Å². The largest absolute Gasteiger partial charge is 0.351 e. The first-order valence-electron chi connectivity index (χ1n) is 4.46.